The van der Waals surface area contributed by atoms with E-state index in [9.17, 15) is 22.4 Å². The molecular weight excluding hydrogens is 499 g/mol. The third-order valence-electron chi connectivity index (χ3n) is 6.65. The van der Waals surface area contributed by atoms with Gasteiger partial charge in [0.25, 0.3) is 5.56 Å². The van der Waals surface area contributed by atoms with Crippen LogP contribution in [0.25, 0.3) is 22.0 Å². The fourth-order valence-electron chi connectivity index (χ4n) is 4.08. The van der Waals surface area contributed by atoms with Crippen LogP contribution in [0.5, 0.6) is 0 Å². The van der Waals surface area contributed by atoms with Gasteiger partial charge in [-0.1, -0.05) is 18.2 Å². The van der Waals surface area contributed by atoms with Gasteiger partial charge in [0.2, 0.25) is 5.91 Å². The molecule has 200 valence electrons. The Morgan fingerprint density at radius 2 is 1.97 bits per heavy atom. The van der Waals surface area contributed by atoms with Crippen LogP contribution in [0.4, 0.5) is 4.39 Å². The van der Waals surface area contributed by atoms with E-state index in [1.165, 1.54) is 30.9 Å². The Labute approximate surface area is 216 Å². The summed E-state index contributed by atoms with van der Waals surface area (Å²) in [6, 6.07) is 9.96. The maximum Gasteiger partial charge on any atom is 0.261 e. The Morgan fingerprint density at radius 3 is 2.59 bits per heavy atom. The number of amides is 1. The number of nitrogens with zero attached hydrogens (tertiary/aromatic N) is 3. The van der Waals surface area contributed by atoms with Crippen molar-refractivity contribution >= 4 is 26.6 Å². The Kier molecular flexibility index (Phi) is 8.83. The van der Waals surface area contributed by atoms with Gasteiger partial charge in [0.1, 0.15) is 10.6 Å². The third-order valence-corrected chi connectivity index (χ3v) is 8.68. The number of fused-ring (bicyclic) bond motifs is 1. The van der Waals surface area contributed by atoms with Crippen molar-refractivity contribution in [3.8, 4) is 11.1 Å². The first-order valence-corrected chi connectivity index (χ1v) is 13.7. The van der Waals surface area contributed by atoms with E-state index in [-0.39, 0.29) is 24.3 Å². The summed E-state index contributed by atoms with van der Waals surface area (Å²) in [5, 5.41) is 2.69. The molecule has 3 aromatic rings. The summed E-state index contributed by atoms with van der Waals surface area (Å²) >= 11 is 0. The van der Waals surface area contributed by atoms with Gasteiger partial charge >= 0.3 is 0 Å². The Morgan fingerprint density at radius 1 is 1.24 bits per heavy atom. The molecule has 1 N–H and O–H groups in total. The van der Waals surface area contributed by atoms with Crippen molar-refractivity contribution in [1.82, 2.24) is 19.8 Å². The smallest absolute Gasteiger partial charge is 0.261 e. The van der Waals surface area contributed by atoms with Crippen molar-refractivity contribution in [2.24, 2.45) is 0 Å². The van der Waals surface area contributed by atoms with Crippen molar-refractivity contribution in [2.75, 3.05) is 40.6 Å². The molecule has 0 saturated carbocycles. The van der Waals surface area contributed by atoms with Gasteiger partial charge in [-0.05, 0) is 49.7 Å². The van der Waals surface area contributed by atoms with E-state index in [1.807, 2.05) is 18.0 Å². The highest BCUT2D eigenvalue weighted by Crippen LogP contribution is 2.27. The fraction of sp³-hybridized carbons (Fsp3) is 0.423. The lowest BCUT2D eigenvalue weighted by molar-refractivity contribution is -0.123. The number of carbonyl (C=O) groups is 1. The van der Waals surface area contributed by atoms with Gasteiger partial charge in [-0.2, -0.15) is 0 Å². The van der Waals surface area contributed by atoms with Gasteiger partial charge in [-0.3, -0.25) is 19.1 Å². The predicted molar refractivity (Wildman–Crippen MR) is 142 cm³/mol. The van der Waals surface area contributed by atoms with Crippen LogP contribution in [-0.2, 0) is 32.5 Å². The molecule has 0 aliphatic heterocycles. The van der Waals surface area contributed by atoms with Crippen molar-refractivity contribution in [1.29, 1.82) is 0 Å². The molecule has 0 saturated heterocycles. The van der Waals surface area contributed by atoms with Crippen LogP contribution >= 0.6 is 0 Å². The van der Waals surface area contributed by atoms with Crippen LogP contribution in [0.2, 0.25) is 0 Å². The van der Waals surface area contributed by atoms with Crippen molar-refractivity contribution in [3.63, 3.8) is 0 Å². The Balaban J connectivity index is 1.85. The van der Waals surface area contributed by atoms with Gasteiger partial charge in [0.05, 0.1) is 23.8 Å². The van der Waals surface area contributed by atoms with Crippen LogP contribution in [0, 0.1) is 5.82 Å². The molecular formula is C26H33FN4O5S. The number of hydrogen-bond donors (Lipinski definition) is 1. The molecule has 0 spiro atoms. The van der Waals surface area contributed by atoms with E-state index >= 15 is 0 Å². The van der Waals surface area contributed by atoms with Gasteiger partial charge in [-0.25, -0.2) is 17.8 Å². The van der Waals surface area contributed by atoms with E-state index in [2.05, 4.69) is 10.3 Å². The summed E-state index contributed by atoms with van der Waals surface area (Å²) in [5.41, 5.74) is 1.82. The number of rotatable bonds is 11. The first-order chi connectivity index (χ1) is 17.4. The number of aromatic nitrogens is 2. The average Bonchev–Trinajstić information content (AvgIpc) is 2.85. The number of aryl methyl sites for hydroxylation is 1. The molecule has 0 aliphatic rings. The van der Waals surface area contributed by atoms with Crippen LogP contribution in [-0.4, -0.2) is 74.1 Å². The minimum atomic E-state index is -3.75. The lowest BCUT2D eigenvalue weighted by atomic mass is 10.0. The predicted octanol–water partition coefficient (Wildman–Crippen LogP) is 2.22. The van der Waals surface area contributed by atoms with Gasteiger partial charge < -0.3 is 10.1 Å². The molecule has 1 aromatic heterocycles. The molecule has 0 fully saturated rings. The second kappa shape index (κ2) is 11.5. The number of likely N-dealkylation sites (N-methyl/N-ethyl adjacent to an activating group) is 1. The van der Waals surface area contributed by atoms with Crippen molar-refractivity contribution in [3.05, 3.63) is 64.5 Å². The standard InChI is InChI=1S/C26H33FN4O5S/c1-26(25(33)28-2,37(5,34)35)10-11-31-17-29-23-15-19(7-9-21(23)24(31)32)20-8-6-18(14-22(20)27)16-30(3)12-13-36-4/h6-9,14-15,17H,10-13,16H2,1-5H3,(H,28,33)/t26-/m1/s1. The van der Waals surface area contributed by atoms with Crippen molar-refractivity contribution in [2.45, 2.75) is 31.2 Å². The van der Waals surface area contributed by atoms with E-state index in [0.29, 0.717) is 35.2 Å². The molecule has 1 amide bonds. The summed E-state index contributed by atoms with van der Waals surface area (Å²) in [6.07, 6.45) is 2.21. The SMILES string of the molecule is CNC(=O)[C@@](C)(CCn1cnc2cc(-c3ccc(CN(C)CCOC)cc3F)ccc2c1=O)S(C)(=O)=O. The number of carbonyl (C=O) groups excluding carboxylic acids is 1. The highest BCUT2D eigenvalue weighted by Gasteiger charge is 2.42. The number of benzene rings is 2. The van der Waals surface area contributed by atoms with Gasteiger partial charge in [0, 0.05) is 45.6 Å². The number of halogens is 1. The zero-order chi connectivity index (χ0) is 27.4. The van der Waals surface area contributed by atoms with Crippen LogP contribution in [0.15, 0.2) is 47.5 Å². The highest BCUT2D eigenvalue weighted by atomic mass is 32.2. The molecule has 9 nitrogen and oxygen atoms in total. The third kappa shape index (κ3) is 6.23. The zero-order valence-electron chi connectivity index (χ0n) is 21.7. The summed E-state index contributed by atoms with van der Waals surface area (Å²) in [6.45, 7) is 3.22. The second-order valence-corrected chi connectivity index (χ2v) is 11.8. The zero-order valence-corrected chi connectivity index (χ0v) is 22.6. The first kappa shape index (κ1) is 28.4. The number of ether oxygens (including phenoxy) is 1. The molecule has 2 aromatic carbocycles. The summed E-state index contributed by atoms with van der Waals surface area (Å²) in [4.78, 5) is 31.7. The van der Waals surface area contributed by atoms with Crippen LogP contribution in [0.1, 0.15) is 18.9 Å². The number of hydrogen-bond acceptors (Lipinski definition) is 7. The second-order valence-electron chi connectivity index (χ2n) is 9.35. The molecule has 37 heavy (non-hydrogen) atoms. The summed E-state index contributed by atoms with van der Waals surface area (Å²) < 4.78 is 44.2. The average molecular weight is 533 g/mol. The Hall–Kier alpha value is -3.15. The summed E-state index contributed by atoms with van der Waals surface area (Å²) in [7, 11) is 1.19. The molecule has 0 aliphatic carbocycles. The van der Waals surface area contributed by atoms with Gasteiger partial charge in [-0.15, -0.1) is 0 Å². The highest BCUT2D eigenvalue weighted by molar-refractivity contribution is 7.92. The minimum absolute atomic E-state index is 0.0184. The van der Waals surface area contributed by atoms with Crippen molar-refractivity contribution < 1.29 is 22.3 Å². The Bertz CT molecular complexity index is 1460. The number of nitrogens with one attached hydrogen (secondary N) is 1. The van der Waals surface area contributed by atoms with E-state index < -0.39 is 20.5 Å². The molecule has 0 unspecified atom stereocenters. The molecule has 0 radical (unpaired) electrons. The van der Waals surface area contributed by atoms with Crippen LogP contribution in [0.3, 0.4) is 0 Å². The van der Waals surface area contributed by atoms with E-state index in [1.54, 1.807) is 31.4 Å². The van der Waals surface area contributed by atoms with Crippen LogP contribution < -0.4 is 10.9 Å². The monoisotopic (exact) mass is 532 g/mol. The molecule has 1 heterocycles. The number of sulfone groups is 1. The molecule has 0 bridgehead atoms. The lowest BCUT2D eigenvalue weighted by Gasteiger charge is -2.25. The number of methoxy groups -OCH3 is 1. The topological polar surface area (TPSA) is 111 Å². The molecule has 11 heteroatoms. The normalized spacial score (nSPS) is 13.6. The van der Waals surface area contributed by atoms with Gasteiger partial charge in [0.15, 0.2) is 9.84 Å². The quantitative estimate of drug-likeness (QED) is 0.403. The maximum absolute atomic E-state index is 15.0. The maximum atomic E-state index is 15.0. The lowest BCUT2D eigenvalue weighted by Crippen LogP contribution is -2.49. The first-order valence-electron chi connectivity index (χ1n) is 11.8. The molecule has 1 atom stereocenters. The molecule has 3 rings (SSSR count). The fourth-order valence-corrected chi connectivity index (χ4v) is 4.98. The minimum Gasteiger partial charge on any atom is -0.383 e. The largest absolute Gasteiger partial charge is 0.383 e. The van der Waals surface area contributed by atoms with E-state index in [4.69, 9.17) is 4.74 Å². The summed E-state index contributed by atoms with van der Waals surface area (Å²) in [5.74, 6) is -1.02. The van der Waals surface area contributed by atoms with E-state index in [0.717, 1.165) is 18.4 Å².